The van der Waals surface area contributed by atoms with Gasteiger partial charge in [-0.2, -0.15) is 0 Å². The van der Waals surface area contributed by atoms with Gasteiger partial charge in [0.05, 0.1) is 4.47 Å². The van der Waals surface area contributed by atoms with Gasteiger partial charge in [-0.05, 0) is 47.8 Å². The lowest BCUT2D eigenvalue weighted by atomic mass is 10.1. The van der Waals surface area contributed by atoms with Crippen LogP contribution in [0, 0.1) is 0 Å². The summed E-state index contributed by atoms with van der Waals surface area (Å²) in [5.74, 6) is 1.10. The summed E-state index contributed by atoms with van der Waals surface area (Å²) in [6.07, 6.45) is 7.14. The lowest BCUT2D eigenvalue weighted by molar-refractivity contribution is 0.610. The quantitative estimate of drug-likeness (QED) is 0.774. The Labute approximate surface area is 99.8 Å². The third-order valence-corrected chi connectivity index (χ3v) is 3.68. The molecule has 15 heavy (non-hydrogen) atoms. The molecule has 1 fully saturated rings. The van der Waals surface area contributed by atoms with Gasteiger partial charge in [-0.15, -0.1) is 0 Å². The van der Waals surface area contributed by atoms with E-state index in [1.807, 2.05) is 12.3 Å². The van der Waals surface area contributed by atoms with Crippen molar-refractivity contribution in [2.24, 2.45) is 0 Å². The SMILES string of the molecule is CC1CCCCCN1c1ncccc1Br. The Bertz CT molecular complexity index is 327. The zero-order chi connectivity index (χ0) is 10.7. The molecule has 0 amide bonds. The molecule has 2 nitrogen and oxygen atoms in total. The first-order valence-electron chi connectivity index (χ1n) is 5.66. The van der Waals surface area contributed by atoms with Gasteiger partial charge in [0.25, 0.3) is 0 Å². The van der Waals surface area contributed by atoms with E-state index in [4.69, 9.17) is 0 Å². The maximum Gasteiger partial charge on any atom is 0.143 e. The molecule has 0 spiro atoms. The Morgan fingerprint density at radius 3 is 3.07 bits per heavy atom. The summed E-state index contributed by atoms with van der Waals surface area (Å²) in [7, 11) is 0. The summed E-state index contributed by atoms with van der Waals surface area (Å²) >= 11 is 3.58. The van der Waals surface area contributed by atoms with Crippen LogP contribution in [0.5, 0.6) is 0 Å². The molecule has 82 valence electrons. The van der Waals surface area contributed by atoms with E-state index in [1.165, 1.54) is 25.7 Å². The fraction of sp³-hybridized carbons (Fsp3) is 0.583. The average molecular weight is 269 g/mol. The first-order valence-corrected chi connectivity index (χ1v) is 6.45. The number of hydrogen-bond acceptors (Lipinski definition) is 2. The molecular weight excluding hydrogens is 252 g/mol. The molecule has 0 aromatic carbocycles. The minimum Gasteiger partial charge on any atom is -0.353 e. The van der Waals surface area contributed by atoms with Gasteiger partial charge in [-0.3, -0.25) is 0 Å². The van der Waals surface area contributed by atoms with Gasteiger partial charge in [-0.25, -0.2) is 4.98 Å². The minimum atomic E-state index is 0.610. The van der Waals surface area contributed by atoms with Crippen molar-refractivity contribution in [2.45, 2.75) is 38.6 Å². The normalized spacial score (nSPS) is 22.5. The van der Waals surface area contributed by atoms with Crippen LogP contribution in [-0.4, -0.2) is 17.6 Å². The Balaban J connectivity index is 2.24. The third kappa shape index (κ3) is 2.51. The number of rotatable bonds is 1. The highest BCUT2D eigenvalue weighted by Crippen LogP contribution is 2.28. The van der Waals surface area contributed by atoms with E-state index in [9.17, 15) is 0 Å². The lowest BCUT2D eigenvalue weighted by Crippen LogP contribution is -2.33. The van der Waals surface area contributed by atoms with E-state index >= 15 is 0 Å². The zero-order valence-corrected chi connectivity index (χ0v) is 10.7. The van der Waals surface area contributed by atoms with Crippen molar-refractivity contribution >= 4 is 21.7 Å². The Morgan fingerprint density at radius 2 is 2.27 bits per heavy atom. The van der Waals surface area contributed by atoms with Crippen LogP contribution in [-0.2, 0) is 0 Å². The fourth-order valence-electron chi connectivity index (χ4n) is 2.18. The van der Waals surface area contributed by atoms with Crippen LogP contribution in [0.15, 0.2) is 22.8 Å². The standard InChI is InChI=1S/C12H17BrN2/c1-10-6-3-2-4-9-15(10)12-11(13)7-5-8-14-12/h5,7-8,10H,2-4,6,9H2,1H3. The van der Waals surface area contributed by atoms with E-state index in [0.29, 0.717) is 6.04 Å². The van der Waals surface area contributed by atoms with Crippen LogP contribution in [0.2, 0.25) is 0 Å². The minimum absolute atomic E-state index is 0.610. The van der Waals surface area contributed by atoms with Crippen molar-refractivity contribution in [1.82, 2.24) is 4.98 Å². The number of anilines is 1. The average Bonchev–Trinajstić information content (AvgIpc) is 2.44. The van der Waals surface area contributed by atoms with Crippen molar-refractivity contribution in [1.29, 1.82) is 0 Å². The Hall–Kier alpha value is -0.570. The molecular formula is C12H17BrN2. The summed E-state index contributed by atoms with van der Waals surface area (Å²) in [4.78, 5) is 6.90. The molecule has 0 radical (unpaired) electrons. The van der Waals surface area contributed by atoms with Crippen LogP contribution in [0.4, 0.5) is 5.82 Å². The molecule has 1 atom stereocenters. The number of aromatic nitrogens is 1. The molecule has 1 saturated heterocycles. The number of halogens is 1. The van der Waals surface area contributed by atoms with Gasteiger partial charge in [0.15, 0.2) is 0 Å². The van der Waals surface area contributed by atoms with Crippen LogP contribution < -0.4 is 4.90 Å². The fourth-order valence-corrected chi connectivity index (χ4v) is 2.66. The molecule has 1 unspecified atom stereocenters. The van der Waals surface area contributed by atoms with Crippen molar-refractivity contribution in [3.63, 3.8) is 0 Å². The Morgan fingerprint density at radius 1 is 1.40 bits per heavy atom. The number of pyridine rings is 1. The predicted molar refractivity (Wildman–Crippen MR) is 67.2 cm³/mol. The molecule has 2 rings (SSSR count). The molecule has 1 aromatic heterocycles. The van der Waals surface area contributed by atoms with Crippen molar-refractivity contribution in [3.05, 3.63) is 22.8 Å². The molecule has 2 heterocycles. The second-order valence-electron chi connectivity index (χ2n) is 4.20. The first-order chi connectivity index (χ1) is 7.29. The second kappa shape index (κ2) is 4.97. The van der Waals surface area contributed by atoms with Gasteiger partial charge in [-0.1, -0.05) is 12.8 Å². The van der Waals surface area contributed by atoms with Crippen molar-refractivity contribution in [3.8, 4) is 0 Å². The van der Waals surface area contributed by atoms with E-state index in [2.05, 4.69) is 38.8 Å². The van der Waals surface area contributed by atoms with E-state index in [1.54, 1.807) is 0 Å². The Kier molecular flexibility index (Phi) is 3.62. The maximum absolute atomic E-state index is 4.47. The maximum atomic E-state index is 4.47. The summed E-state index contributed by atoms with van der Waals surface area (Å²) in [5.41, 5.74) is 0. The molecule has 0 bridgehead atoms. The smallest absolute Gasteiger partial charge is 0.143 e. The van der Waals surface area contributed by atoms with Gasteiger partial charge >= 0.3 is 0 Å². The molecule has 0 N–H and O–H groups in total. The zero-order valence-electron chi connectivity index (χ0n) is 9.12. The highest BCUT2D eigenvalue weighted by molar-refractivity contribution is 9.10. The first kappa shape index (κ1) is 10.9. The van der Waals surface area contributed by atoms with Crippen molar-refractivity contribution < 1.29 is 0 Å². The van der Waals surface area contributed by atoms with Gasteiger partial charge in [0.1, 0.15) is 5.82 Å². The van der Waals surface area contributed by atoms with Crippen molar-refractivity contribution in [2.75, 3.05) is 11.4 Å². The van der Waals surface area contributed by atoms with Gasteiger partial charge in [0.2, 0.25) is 0 Å². The molecule has 1 aromatic rings. The summed E-state index contributed by atoms with van der Waals surface area (Å²) < 4.78 is 1.11. The summed E-state index contributed by atoms with van der Waals surface area (Å²) in [5, 5.41) is 0. The predicted octanol–water partition coefficient (Wildman–Crippen LogP) is 3.61. The largest absolute Gasteiger partial charge is 0.353 e. The van der Waals surface area contributed by atoms with E-state index < -0.39 is 0 Å². The molecule has 1 aliphatic rings. The number of hydrogen-bond donors (Lipinski definition) is 0. The molecule has 0 saturated carbocycles. The van der Waals surface area contributed by atoms with Gasteiger partial charge in [0, 0.05) is 18.8 Å². The topological polar surface area (TPSA) is 16.1 Å². The highest BCUT2D eigenvalue weighted by atomic mass is 79.9. The van der Waals surface area contributed by atoms with Crippen LogP contribution in [0.1, 0.15) is 32.6 Å². The number of nitrogens with zero attached hydrogens (tertiary/aromatic N) is 2. The summed E-state index contributed by atoms with van der Waals surface area (Å²) in [6.45, 7) is 3.43. The van der Waals surface area contributed by atoms with Gasteiger partial charge < -0.3 is 4.90 Å². The molecule has 1 aliphatic heterocycles. The third-order valence-electron chi connectivity index (χ3n) is 3.06. The lowest BCUT2D eigenvalue weighted by Gasteiger charge is -2.28. The molecule has 0 aliphatic carbocycles. The second-order valence-corrected chi connectivity index (χ2v) is 5.05. The molecule has 3 heteroatoms. The van der Waals surface area contributed by atoms with Crippen LogP contribution >= 0.6 is 15.9 Å². The van der Waals surface area contributed by atoms with E-state index in [-0.39, 0.29) is 0 Å². The monoisotopic (exact) mass is 268 g/mol. The van der Waals surface area contributed by atoms with Crippen LogP contribution in [0.3, 0.4) is 0 Å². The summed E-state index contributed by atoms with van der Waals surface area (Å²) in [6, 6.07) is 4.65. The van der Waals surface area contributed by atoms with E-state index in [0.717, 1.165) is 16.8 Å². The highest BCUT2D eigenvalue weighted by Gasteiger charge is 2.19. The van der Waals surface area contributed by atoms with Crippen LogP contribution in [0.25, 0.3) is 0 Å².